The lowest BCUT2D eigenvalue weighted by molar-refractivity contribution is 0.0744. The zero-order valence-corrected chi connectivity index (χ0v) is 16.5. The maximum absolute atomic E-state index is 13.1. The van der Waals surface area contributed by atoms with Crippen LogP contribution in [0.15, 0.2) is 58.2 Å². The first kappa shape index (κ1) is 19.8. The monoisotopic (exact) mass is 399 g/mol. The first-order valence-corrected chi connectivity index (χ1v) is 10.6. The lowest BCUT2D eigenvalue weighted by Crippen LogP contribution is -2.33. The number of aromatic amines is 1. The first-order valence-electron chi connectivity index (χ1n) is 8.96. The number of amides is 1. The summed E-state index contributed by atoms with van der Waals surface area (Å²) in [5.41, 5.74) is 0.381. The van der Waals surface area contributed by atoms with E-state index in [2.05, 4.69) is 9.97 Å². The summed E-state index contributed by atoms with van der Waals surface area (Å²) in [5.74, 6) is -0.177. The van der Waals surface area contributed by atoms with Gasteiger partial charge in [0.1, 0.15) is 5.82 Å². The Hall–Kier alpha value is -3.00. The molecule has 0 spiro atoms. The van der Waals surface area contributed by atoms with Gasteiger partial charge in [-0.3, -0.25) is 9.59 Å². The van der Waals surface area contributed by atoms with Gasteiger partial charge in [0.2, 0.25) is 0 Å². The number of sulfone groups is 1. The molecule has 7 nitrogen and oxygen atoms in total. The minimum Gasteiger partial charge on any atom is -0.331 e. The van der Waals surface area contributed by atoms with Crippen molar-refractivity contribution < 1.29 is 13.2 Å². The van der Waals surface area contributed by atoms with Crippen molar-refractivity contribution in [3.63, 3.8) is 0 Å². The van der Waals surface area contributed by atoms with E-state index in [0.29, 0.717) is 23.3 Å². The van der Waals surface area contributed by atoms with Gasteiger partial charge in [0.25, 0.3) is 11.5 Å². The molecule has 1 N–H and O–H groups in total. The normalized spacial score (nSPS) is 11.5. The van der Waals surface area contributed by atoms with E-state index in [9.17, 15) is 18.0 Å². The number of carbonyl (C=O) groups is 1. The molecule has 0 bridgehead atoms. The molecule has 0 aliphatic carbocycles. The highest BCUT2D eigenvalue weighted by Gasteiger charge is 2.24. The standard InChI is InChI=1S/C20H21N3O4S/c1-3-23(13-18-21-16-11-7-5-9-14(16)19(24)22-18)20(25)15-10-6-8-12-17(15)28(26,27)4-2/h5-12H,3-4,13H2,1-2H3,(H,21,22,24). The highest BCUT2D eigenvalue weighted by atomic mass is 32.2. The molecule has 2 aromatic carbocycles. The molecule has 0 aliphatic heterocycles. The average molecular weight is 399 g/mol. The van der Waals surface area contributed by atoms with Crippen molar-refractivity contribution >= 4 is 26.6 Å². The lowest BCUT2D eigenvalue weighted by Gasteiger charge is -2.21. The van der Waals surface area contributed by atoms with Crippen molar-refractivity contribution in [1.82, 2.24) is 14.9 Å². The minimum atomic E-state index is -3.54. The van der Waals surface area contributed by atoms with E-state index in [1.165, 1.54) is 24.0 Å². The fourth-order valence-corrected chi connectivity index (χ4v) is 4.05. The van der Waals surface area contributed by atoms with Crippen LogP contribution in [-0.4, -0.2) is 41.5 Å². The van der Waals surface area contributed by atoms with Crippen LogP contribution in [0.1, 0.15) is 30.0 Å². The summed E-state index contributed by atoms with van der Waals surface area (Å²) < 4.78 is 24.7. The molecule has 3 rings (SSSR count). The van der Waals surface area contributed by atoms with Crippen molar-refractivity contribution in [2.24, 2.45) is 0 Å². The maximum atomic E-state index is 13.1. The van der Waals surface area contributed by atoms with Gasteiger partial charge in [0.05, 0.1) is 33.7 Å². The van der Waals surface area contributed by atoms with Gasteiger partial charge in [0, 0.05) is 6.54 Å². The van der Waals surface area contributed by atoms with Gasteiger partial charge in [-0.1, -0.05) is 31.2 Å². The Bertz CT molecular complexity index is 1190. The third-order valence-electron chi connectivity index (χ3n) is 4.50. The molecule has 1 heterocycles. The second-order valence-corrected chi connectivity index (χ2v) is 8.50. The van der Waals surface area contributed by atoms with Crippen molar-refractivity contribution in [3.05, 3.63) is 70.3 Å². The zero-order chi connectivity index (χ0) is 20.3. The highest BCUT2D eigenvalue weighted by Crippen LogP contribution is 2.19. The second kappa shape index (κ2) is 7.93. The molecule has 8 heteroatoms. The Morgan fingerprint density at radius 1 is 1.07 bits per heavy atom. The van der Waals surface area contributed by atoms with Crippen LogP contribution in [0.25, 0.3) is 10.9 Å². The number of nitrogens with zero attached hydrogens (tertiary/aromatic N) is 2. The van der Waals surface area contributed by atoms with E-state index in [0.717, 1.165) is 0 Å². The molecule has 0 fully saturated rings. The van der Waals surface area contributed by atoms with Gasteiger partial charge in [-0.25, -0.2) is 13.4 Å². The molecule has 146 valence electrons. The van der Waals surface area contributed by atoms with E-state index in [4.69, 9.17) is 0 Å². The lowest BCUT2D eigenvalue weighted by atomic mass is 10.2. The Labute approximate surface area is 163 Å². The van der Waals surface area contributed by atoms with Crippen LogP contribution in [0.2, 0.25) is 0 Å². The van der Waals surface area contributed by atoms with Crippen LogP contribution < -0.4 is 5.56 Å². The maximum Gasteiger partial charge on any atom is 0.258 e. The number of para-hydroxylation sites is 1. The summed E-state index contributed by atoms with van der Waals surface area (Å²) >= 11 is 0. The van der Waals surface area contributed by atoms with E-state index in [1.807, 2.05) is 0 Å². The highest BCUT2D eigenvalue weighted by molar-refractivity contribution is 7.91. The Balaban J connectivity index is 1.97. The van der Waals surface area contributed by atoms with Gasteiger partial charge in [-0.15, -0.1) is 0 Å². The summed E-state index contributed by atoms with van der Waals surface area (Å²) in [6, 6.07) is 13.1. The molecule has 0 radical (unpaired) electrons. The van der Waals surface area contributed by atoms with Gasteiger partial charge in [-0.05, 0) is 31.2 Å². The topological polar surface area (TPSA) is 100 Å². The van der Waals surface area contributed by atoms with Crippen molar-refractivity contribution in [3.8, 4) is 0 Å². The van der Waals surface area contributed by atoms with Crippen molar-refractivity contribution in [1.29, 1.82) is 0 Å². The number of nitrogens with one attached hydrogen (secondary N) is 1. The quantitative estimate of drug-likeness (QED) is 0.686. The van der Waals surface area contributed by atoms with Gasteiger partial charge in [-0.2, -0.15) is 0 Å². The molecule has 0 saturated carbocycles. The van der Waals surface area contributed by atoms with Crippen LogP contribution in [0.4, 0.5) is 0 Å². The predicted molar refractivity (Wildman–Crippen MR) is 107 cm³/mol. The van der Waals surface area contributed by atoms with E-state index in [-0.39, 0.29) is 28.3 Å². The minimum absolute atomic E-state index is 0.0147. The third kappa shape index (κ3) is 3.82. The fraction of sp³-hybridized carbons (Fsp3) is 0.250. The largest absolute Gasteiger partial charge is 0.331 e. The molecule has 1 aromatic heterocycles. The van der Waals surface area contributed by atoms with E-state index < -0.39 is 15.7 Å². The number of hydrogen-bond acceptors (Lipinski definition) is 5. The molecular formula is C20H21N3O4S. The number of H-pyrrole nitrogens is 1. The predicted octanol–water partition coefficient (Wildman–Crippen LogP) is 2.38. The number of benzene rings is 2. The summed E-state index contributed by atoms with van der Waals surface area (Å²) in [4.78, 5) is 33.9. The SMILES string of the molecule is CCN(Cc1nc2ccccc2c(=O)[nH]1)C(=O)c1ccccc1S(=O)(=O)CC. The molecule has 0 saturated heterocycles. The van der Waals surface area contributed by atoms with Crippen LogP contribution >= 0.6 is 0 Å². The number of hydrogen-bond donors (Lipinski definition) is 1. The van der Waals surface area contributed by atoms with Gasteiger partial charge in [0.15, 0.2) is 9.84 Å². The average Bonchev–Trinajstić information content (AvgIpc) is 2.71. The molecule has 1 amide bonds. The van der Waals surface area contributed by atoms with Crippen LogP contribution in [0, 0.1) is 0 Å². The number of fused-ring (bicyclic) bond motifs is 1. The molecule has 0 unspecified atom stereocenters. The smallest absolute Gasteiger partial charge is 0.258 e. The van der Waals surface area contributed by atoms with Crippen LogP contribution in [0.5, 0.6) is 0 Å². The number of carbonyl (C=O) groups excluding carboxylic acids is 1. The molecule has 0 atom stereocenters. The molecule has 3 aromatic rings. The van der Waals surface area contributed by atoms with Crippen molar-refractivity contribution in [2.75, 3.05) is 12.3 Å². The van der Waals surface area contributed by atoms with E-state index in [1.54, 1.807) is 43.3 Å². The summed E-state index contributed by atoms with van der Waals surface area (Å²) in [7, 11) is -3.54. The number of aromatic nitrogens is 2. The zero-order valence-electron chi connectivity index (χ0n) is 15.7. The van der Waals surface area contributed by atoms with E-state index >= 15 is 0 Å². The summed E-state index contributed by atoms with van der Waals surface area (Å²) in [5, 5.41) is 0.472. The van der Waals surface area contributed by atoms with Gasteiger partial charge >= 0.3 is 0 Å². The van der Waals surface area contributed by atoms with Crippen LogP contribution in [-0.2, 0) is 16.4 Å². The molecule has 28 heavy (non-hydrogen) atoms. The first-order chi connectivity index (χ1) is 13.4. The third-order valence-corrected chi connectivity index (χ3v) is 6.29. The summed E-state index contributed by atoms with van der Waals surface area (Å²) in [6.45, 7) is 3.72. The van der Waals surface area contributed by atoms with Crippen molar-refractivity contribution in [2.45, 2.75) is 25.3 Å². The summed E-state index contributed by atoms with van der Waals surface area (Å²) in [6.07, 6.45) is 0. The van der Waals surface area contributed by atoms with Gasteiger partial charge < -0.3 is 9.88 Å². The molecule has 0 aliphatic rings. The fourth-order valence-electron chi connectivity index (χ4n) is 2.96. The Morgan fingerprint density at radius 2 is 1.75 bits per heavy atom. The second-order valence-electron chi connectivity index (χ2n) is 6.25. The van der Waals surface area contributed by atoms with Crippen LogP contribution in [0.3, 0.4) is 0 Å². The Kier molecular flexibility index (Phi) is 5.60. The molecular weight excluding hydrogens is 378 g/mol. The number of rotatable bonds is 6. The Morgan fingerprint density at radius 3 is 2.46 bits per heavy atom.